The normalized spacial score (nSPS) is 26.4. The van der Waals surface area contributed by atoms with Crippen molar-refractivity contribution in [3.8, 4) is 0 Å². The Morgan fingerprint density at radius 1 is 1.10 bits per heavy atom. The zero-order valence-corrected chi connectivity index (χ0v) is 16.8. The molecule has 154 valence electrons. The number of nitrogens with zero attached hydrogens (tertiary/aromatic N) is 4. The highest BCUT2D eigenvalue weighted by Gasteiger charge is 2.38. The number of aromatic amines is 1. The largest absolute Gasteiger partial charge is 0.346 e. The average molecular weight is 404 g/mol. The first kappa shape index (κ1) is 18.0. The molecule has 0 aliphatic heterocycles. The van der Waals surface area contributed by atoms with Crippen LogP contribution in [0.4, 0.5) is 4.39 Å². The van der Waals surface area contributed by atoms with Gasteiger partial charge in [-0.3, -0.25) is 0 Å². The smallest absolute Gasteiger partial charge is 0.141 e. The molecule has 2 fully saturated rings. The molecule has 2 N–H and O–H groups in total. The zero-order chi connectivity index (χ0) is 20.1. The fourth-order valence-corrected chi connectivity index (χ4v) is 5.17. The van der Waals surface area contributed by atoms with Crippen LogP contribution in [0, 0.1) is 11.7 Å². The van der Waals surface area contributed by atoms with Gasteiger partial charge in [-0.1, -0.05) is 17.3 Å². The summed E-state index contributed by atoms with van der Waals surface area (Å²) in [4.78, 5) is 7.58. The maximum atomic E-state index is 13.1. The van der Waals surface area contributed by atoms with Crippen molar-refractivity contribution in [3.63, 3.8) is 0 Å². The van der Waals surface area contributed by atoms with Gasteiger partial charge in [0.25, 0.3) is 0 Å². The second kappa shape index (κ2) is 7.16. The van der Waals surface area contributed by atoms with Crippen molar-refractivity contribution in [2.24, 2.45) is 5.92 Å². The molecule has 0 radical (unpaired) electrons. The molecule has 0 saturated heterocycles. The van der Waals surface area contributed by atoms with Crippen molar-refractivity contribution in [3.05, 3.63) is 59.9 Å². The molecular weight excluding hydrogens is 379 g/mol. The third kappa shape index (κ3) is 3.17. The lowest BCUT2D eigenvalue weighted by molar-refractivity contribution is 0.336. The predicted octanol–water partition coefficient (Wildman–Crippen LogP) is 4.16. The number of aromatic nitrogens is 5. The van der Waals surface area contributed by atoms with E-state index in [0.717, 1.165) is 41.6 Å². The van der Waals surface area contributed by atoms with Gasteiger partial charge in [-0.25, -0.2) is 13.9 Å². The molecule has 2 atom stereocenters. The summed E-state index contributed by atoms with van der Waals surface area (Å²) in [6.45, 7) is 1.06. The minimum Gasteiger partial charge on any atom is -0.346 e. The van der Waals surface area contributed by atoms with Gasteiger partial charge >= 0.3 is 0 Å². The number of hydrogen-bond acceptors (Lipinski definition) is 4. The fraction of sp³-hybridized carbons (Fsp3) is 0.435. The van der Waals surface area contributed by atoms with Crippen molar-refractivity contribution in [2.45, 2.75) is 50.0 Å². The van der Waals surface area contributed by atoms with Gasteiger partial charge in [0.15, 0.2) is 0 Å². The van der Waals surface area contributed by atoms with Crippen LogP contribution in [0.15, 0.2) is 42.9 Å². The molecule has 2 aliphatic rings. The minimum atomic E-state index is -0.153. The van der Waals surface area contributed by atoms with Crippen LogP contribution in [-0.2, 0) is 0 Å². The second-order valence-electron chi connectivity index (χ2n) is 8.86. The summed E-state index contributed by atoms with van der Waals surface area (Å²) in [6.07, 6.45) is 9.47. The summed E-state index contributed by atoms with van der Waals surface area (Å²) in [5.41, 5.74) is 4.37. The third-order valence-electron chi connectivity index (χ3n) is 7.00. The first-order valence-corrected chi connectivity index (χ1v) is 10.9. The SMILES string of the molecule is Fc1ccc([C@@H]2C[C@H]2CNC2CCC(c3nnn4cnc5[nH]ccc5c34)CC2)cc1. The molecule has 6 rings (SSSR count). The minimum absolute atomic E-state index is 0.153. The molecule has 1 aromatic carbocycles. The van der Waals surface area contributed by atoms with Crippen molar-refractivity contribution < 1.29 is 4.39 Å². The third-order valence-corrected chi connectivity index (χ3v) is 7.00. The Hall–Kier alpha value is -2.80. The van der Waals surface area contributed by atoms with E-state index in [1.807, 2.05) is 18.3 Å². The standard InChI is InChI=1S/C23H25FN6/c24-17-5-1-14(2-6-17)20-11-16(20)12-26-18-7-3-15(4-8-18)21-22-19-9-10-25-23(19)27-13-30(22)29-28-21/h1-2,5-6,9-10,13,15-16,18,20,25-26H,3-4,7-8,11-12H2/t15?,16-,18?,20-/m0/s1. The van der Waals surface area contributed by atoms with Crippen LogP contribution in [-0.4, -0.2) is 37.4 Å². The topological polar surface area (TPSA) is 70.9 Å². The van der Waals surface area contributed by atoms with E-state index >= 15 is 0 Å². The van der Waals surface area contributed by atoms with E-state index in [0.29, 0.717) is 23.8 Å². The quantitative estimate of drug-likeness (QED) is 0.524. The van der Waals surface area contributed by atoms with Gasteiger partial charge in [0.05, 0.1) is 5.69 Å². The molecule has 2 aliphatic carbocycles. The molecule has 0 bridgehead atoms. The van der Waals surface area contributed by atoms with Crippen LogP contribution in [0.3, 0.4) is 0 Å². The highest BCUT2D eigenvalue weighted by molar-refractivity contribution is 5.92. The maximum Gasteiger partial charge on any atom is 0.141 e. The van der Waals surface area contributed by atoms with Gasteiger partial charge in [-0.15, -0.1) is 5.10 Å². The maximum absolute atomic E-state index is 13.1. The Kier molecular flexibility index (Phi) is 4.30. The van der Waals surface area contributed by atoms with Crippen LogP contribution in [0.25, 0.3) is 16.6 Å². The molecule has 0 spiro atoms. The first-order chi connectivity index (χ1) is 14.8. The summed E-state index contributed by atoms with van der Waals surface area (Å²) >= 11 is 0. The van der Waals surface area contributed by atoms with E-state index in [1.165, 1.54) is 24.8 Å². The molecule has 4 aromatic rings. The van der Waals surface area contributed by atoms with Crippen LogP contribution >= 0.6 is 0 Å². The van der Waals surface area contributed by atoms with E-state index in [1.54, 1.807) is 23.0 Å². The highest BCUT2D eigenvalue weighted by atomic mass is 19.1. The average Bonchev–Trinajstić information content (AvgIpc) is 3.18. The van der Waals surface area contributed by atoms with E-state index in [9.17, 15) is 4.39 Å². The van der Waals surface area contributed by atoms with Gasteiger partial charge in [-0.2, -0.15) is 0 Å². The Balaban J connectivity index is 1.07. The van der Waals surface area contributed by atoms with E-state index in [-0.39, 0.29) is 5.82 Å². The van der Waals surface area contributed by atoms with Crippen LogP contribution in [0.1, 0.15) is 55.2 Å². The number of rotatable bonds is 5. The summed E-state index contributed by atoms with van der Waals surface area (Å²) in [5.74, 6) is 1.58. The Bertz CT molecular complexity index is 1170. The number of halogens is 1. The van der Waals surface area contributed by atoms with Crippen LogP contribution in [0.5, 0.6) is 0 Å². The summed E-state index contributed by atoms with van der Waals surface area (Å²) in [7, 11) is 0. The molecule has 2 saturated carbocycles. The van der Waals surface area contributed by atoms with Crippen molar-refractivity contribution in [1.82, 2.24) is 30.1 Å². The van der Waals surface area contributed by atoms with Gasteiger partial charge in [0, 0.05) is 23.5 Å². The van der Waals surface area contributed by atoms with Crippen LogP contribution < -0.4 is 5.32 Å². The highest BCUT2D eigenvalue weighted by Crippen LogP contribution is 2.47. The van der Waals surface area contributed by atoms with E-state index in [2.05, 4.69) is 31.7 Å². The van der Waals surface area contributed by atoms with Crippen molar-refractivity contribution in [2.75, 3.05) is 6.54 Å². The molecule has 0 unspecified atom stereocenters. The zero-order valence-electron chi connectivity index (χ0n) is 16.8. The molecule has 0 amide bonds. The lowest BCUT2D eigenvalue weighted by atomic mass is 9.83. The van der Waals surface area contributed by atoms with Crippen LogP contribution in [0.2, 0.25) is 0 Å². The number of fused-ring (bicyclic) bond motifs is 3. The van der Waals surface area contributed by atoms with Gasteiger partial charge in [-0.05, 0) is 74.2 Å². The van der Waals surface area contributed by atoms with Crippen molar-refractivity contribution in [1.29, 1.82) is 0 Å². The lowest BCUT2D eigenvalue weighted by Gasteiger charge is -2.28. The summed E-state index contributed by atoms with van der Waals surface area (Å²) in [6, 6.07) is 9.66. The fourth-order valence-electron chi connectivity index (χ4n) is 5.17. The number of hydrogen-bond donors (Lipinski definition) is 2. The number of nitrogens with one attached hydrogen (secondary N) is 2. The number of H-pyrrole nitrogens is 1. The van der Waals surface area contributed by atoms with Gasteiger partial charge in [0.1, 0.15) is 23.3 Å². The molecule has 3 aromatic heterocycles. The molecule has 6 nitrogen and oxygen atoms in total. The van der Waals surface area contributed by atoms with Gasteiger partial charge < -0.3 is 10.3 Å². The Labute approximate surface area is 173 Å². The van der Waals surface area contributed by atoms with E-state index < -0.39 is 0 Å². The number of benzene rings is 1. The monoisotopic (exact) mass is 404 g/mol. The molecule has 30 heavy (non-hydrogen) atoms. The molecule has 7 heteroatoms. The summed E-state index contributed by atoms with van der Waals surface area (Å²) in [5, 5.41) is 13.7. The van der Waals surface area contributed by atoms with E-state index in [4.69, 9.17) is 0 Å². The molecule has 3 heterocycles. The summed E-state index contributed by atoms with van der Waals surface area (Å²) < 4.78 is 14.9. The second-order valence-corrected chi connectivity index (χ2v) is 8.86. The molecular formula is C23H25FN6. The lowest BCUT2D eigenvalue weighted by Crippen LogP contribution is -2.34. The Morgan fingerprint density at radius 3 is 2.77 bits per heavy atom. The Morgan fingerprint density at radius 2 is 1.93 bits per heavy atom. The van der Waals surface area contributed by atoms with Gasteiger partial charge in [0.2, 0.25) is 0 Å². The predicted molar refractivity (Wildman–Crippen MR) is 113 cm³/mol. The first-order valence-electron chi connectivity index (χ1n) is 10.9. The van der Waals surface area contributed by atoms with Crippen molar-refractivity contribution >= 4 is 16.6 Å².